The smallest absolute Gasteiger partial charge is 0.280 e. The summed E-state index contributed by atoms with van der Waals surface area (Å²) < 4.78 is 0. The zero-order valence-corrected chi connectivity index (χ0v) is 5.19. The van der Waals surface area contributed by atoms with Gasteiger partial charge in [-0.1, -0.05) is 6.58 Å². The van der Waals surface area contributed by atoms with Crippen LogP contribution in [0.4, 0.5) is 0 Å². The van der Waals surface area contributed by atoms with Gasteiger partial charge in [-0.05, 0) is 0 Å². The third-order valence-electron chi connectivity index (χ3n) is 0.861. The minimum atomic E-state index is 0.275. The van der Waals surface area contributed by atoms with Gasteiger partial charge in [0.05, 0.1) is 0 Å². The van der Waals surface area contributed by atoms with Gasteiger partial charge >= 0.3 is 0 Å². The van der Waals surface area contributed by atoms with E-state index >= 15 is 0 Å². The summed E-state index contributed by atoms with van der Waals surface area (Å²) in [4.78, 5) is 8.28. The summed E-state index contributed by atoms with van der Waals surface area (Å²) in [7, 11) is 0. The van der Waals surface area contributed by atoms with Crippen molar-refractivity contribution in [2.45, 2.75) is 0 Å². The van der Waals surface area contributed by atoms with Crippen molar-refractivity contribution in [2.24, 2.45) is 21.1 Å². The van der Waals surface area contributed by atoms with Crippen LogP contribution in [0.1, 0.15) is 0 Å². The topological polar surface area (TPSA) is 72.3 Å². The third-order valence-corrected chi connectivity index (χ3v) is 0.861. The number of hydrogen-bond donors (Lipinski definition) is 1. The summed E-state index contributed by atoms with van der Waals surface area (Å²) in [6.07, 6.45) is 2.59. The fourth-order valence-electron chi connectivity index (χ4n) is 0.470. The van der Waals surface area contributed by atoms with Gasteiger partial charge in [-0.15, -0.1) is 5.11 Å². The van der Waals surface area contributed by atoms with Crippen LogP contribution in [0, 0.1) is 0 Å². The highest BCUT2D eigenvalue weighted by Crippen LogP contribution is 2.09. The Morgan fingerprint density at radius 1 is 1.70 bits per heavy atom. The summed E-state index contributed by atoms with van der Waals surface area (Å²) in [6.45, 7) is 3.37. The van der Waals surface area contributed by atoms with Crippen LogP contribution in [0.25, 0.3) is 0 Å². The van der Waals surface area contributed by atoms with E-state index in [2.05, 4.69) is 26.8 Å². The quantitative estimate of drug-likeness (QED) is 0.580. The normalized spacial score (nSPS) is 23.6. The molecule has 10 heavy (non-hydrogen) atoms. The van der Waals surface area contributed by atoms with E-state index in [0.717, 1.165) is 0 Å². The number of hydrogen-bond acceptors (Lipinski definition) is 5. The van der Waals surface area contributed by atoms with E-state index in [1.54, 1.807) is 0 Å². The summed E-state index contributed by atoms with van der Waals surface area (Å²) in [5.41, 5.74) is 5.56. The molecule has 0 spiro atoms. The minimum absolute atomic E-state index is 0.275. The maximum atomic E-state index is 5.14. The van der Waals surface area contributed by atoms with Crippen LogP contribution < -0.4 is 5.73 Å². The maximum Gasteiger partial charge on any atom is 0.280 e. The van der Waals surface area contributed by atoms with E-state index < -0.39 is 0 Å². The lowest BCUT2D eigenvalue weighted by Crippen LogP contribution is -1.98. The van der Waals surface area contributed by atoms with Crippen molar-refractivity contribution in [1.29, 1.82) is 0 Å². The Bertz CT molecular complexity index is 228. The second kappa shape index (κ2) is 2.77. The second-order valence-electron chi connectivity index (χ2n) is 1.44. The first-order valence-electron chi connectivity index (χ1n) is 2.57. The summed E-state index contributed by atoms with van der Waals surface area (Å²) in [5.74, 6) is 0.275. The van der Waals surface area contributed by atoms with Gasteiger partial charge in [0, 0.05) is 17.7 Å². The minimum Gasteiger partial charge on any atom is -0.403 e. The largest absolute Gasteiger partial charge is 0.403 e. The molecule has 0 saturated heterocycles. The first-order valence-corrected chi connectivity index (χ1v) is 2.57. The van der Waals surface area contributed by atoms with E-state index in [-0.39, 0.29) is 5.90 Å². The molecule has 1 heterocycles. The van der Waals surface area contributed by atoms with Crippen molar-refractivity contribution >= 4 is 5.90 Å². The van der Waals surface area contributed by atoms with Crippen LogP contribution in [0.2, 0.25) is 0 Å². The Kier molecular flexibility index (Phi) is 1.79. The van der Waals surface area contributed by atoms with Crippen LogP contribution in [-0.4, -0.2) is 5.90 Å². The van der Waals surface area contributed by atoms with E-state index in [4.69, 9.17) is 5.73 Å². The van der Waals surface area contributed by atoms with Crippen LogP contribution in [0.5, 0.6) is 0 Å². The van der Waals surface area contributed by atoms with Crippen molar-refractivity contribution in [1.82, 2.24) is 0 Å². The summed E-state index contributed by atoms with van der Waals surface area (Å²) in [5, 5.41) is 6.75. The van der Waals surface area contributed by atoms with Gasteiger partial charge in [-0.2, -0.15) is 0 Å². The summed E-state index contributed by atoms with van der Waals surface area (Å²) in [6, 6.07) is 0. The molecule has 1 rings (SSSR count). The highest BCUT2D eigenvalue weighted by atomic mass is 16.7. The molecule has 0 fully saturated rings. The number of rotatable bonds is 1. The molecule has 0 saturated carbocycles. The Labute approximate surface area is 57.6 Å². The lowest BCUT2D eigenvalue weighted by atomic mass is 10.5. The van der Waals surface area contributed by atoms with Crippen molar-refractivity contribution in [3.63, 3.8) is 0 Å². The molecule has 0 aliphatic carbocycles. The average molecular weight is 138 g/mol. The van der Waals surface area contributed by atoms with Crippen molar-refractivity contribution in [2.75, 3.05) is 0 Å². The molecule has 0 aromatic carbocycles. The van der Waals surface area contributed by atoms with Crippen molar-refractivity contribution < 1.29 is 4.84 Å². The van der Waals surface area contributed by atoms with Gasteiger partial charge < -0.3 is 10.6 Å². The zero-order chi connectivity index (χ0) is 7.40. The fourth-order valence-corrected chi connectivity index (χ4v) is 0.470. The molecule has 1 aliphatic rings. The molecule has 5 nitrogen and oxygen atoms in total. The molecular weight excluding hydrogens is 132 g/mol. The molecule has 0 radical (unpaired) electrons. The molecule has 0 bridgehead atoms. The number of nitrogens with zero attached hydrogens (tertiary/aromatic N) is 3. The lowest BCUT2D eigenvalue weighted by Gasteiger charge is -1.87. The predicted octanol–water partition coefficient (Wildman–Crippen LogP) is 0.726. The first-order chi connectivity index (χ1) is 4.88. The van der Waals surface area contributed by atoms with E-state index in [0.29, 0.717) is 5.70 Å². The van der Waals surface area contributed by atoms with Crippen molar-refractivity contribution in [3.05, 3.63) is 24.7 Å². The first kappa shape index (κ1) is 6.47. The van der Waals surface area contributed by atoms with Crippen LogP contribution in [0.15, 0.2) is 40.1 Å². The van der Waals surface area contributed by atoms with Gasteiger partial charge in [-0.3, -0.25) is 0 Å². The van der Waals surface area contributed by atoms with E-state index in [1.807, 2.05) is 0 Å². The monoisotopic (exact) mass is 138 g/mol. The standard InChI is InChI=1S/C5H6N4O/c1-2-7-5-4(3-6)8-9-10-5/h2-3H,1,6H2/b4-3+,7-5+. The molecule has 5 heteroatoms. The Balaban J connectivity index is 2.84. The fraction of sp³-hybridized carbons (Fsp3) is 0. The third kappa shape index (κ3) is 1.02. The second-order valence-corrected chi connectivity index (χ2v) is 1.44. The molecule has 1 aliphatic heterocycles. The molecule has 2 N–H and O–H groups in total. The highest BCUT2D eigenvalue weighted by molar-refractivity contribution is 5.94. The molecule has 0 amide bonds. The lowest BCUT2D eigenvalue weighted by molar-refractivity contribution is 0.322. The molecule has 0 aromatic heterocycles. The average Bonchev–Trinajstić information content (AvgIpc) is 2.36. The van der Waals surface area contributed by atoms with Gasteiger partial charge in [0.1, 0.15) is 0 Å². The van der Waals surface area contributed by atoms with Gasteiger partial charge in [0.25, 0.3) is 5.90 Å². The molecule has 0 atom stereocenters. The van der Waals surface area contributed by atoms with E-state index in [9.17, 15) is 0 Å². The molecule has 52 valence electrons. The summed E-state index contributed by atoms with van der Waals surface area (Å²) >= 11 is 0. The maximum absolute atomic E-state index is 5.14. The SMILES string of the molecule is C=C/N=C1/ON=N/C1=C/N. The Hall–Kier alpha value is -1.65. The van der Waals surface area contributed by atoms with Gasteiger partial charge in [0.15, 0.2) is 5.70 Å². The van der Waals surface area contributed by atoms with Crippen LogP contribution >= 0.6 is 0 Å². The molecular formula is C5H6N4O. The Morgan fingerprint density at radius 3 is 3.10 bits per heavy atom. The van der Waals surface area contributed by atoms with Crippen LogP contribution in [0.3, 0.4) is 0 Å². The van der Waals surface area contributed by atoms with Gasteiger partial charge in [0.2, 0.25) is 0 Å². The van der Waals surface area contributed by atoms with Crippen molar-refractivity contribution in [3.8, 4) is 0 Å². The highest BCUT2D eigenvalue weighted by Gasteiger charge is 2.13. The number of aliphatic imine (C=N–C) groups is 1. The zero-order valence-electron chi connectivity index (χ0n) is 5.19. The number of nitrogens with two attached hydrogens (primary N) is 1. The Morgan fingerprint density at radius 2 is 2.50 bits per heavy atom. The predicted molar refractivity (Wildman–Crippen MR) is 35.8 cm³/mol. The molecule has 0 unspecified atom stereocenters. The van der Waals surface area contributed by atoms with E-state index in [1.165, 1.54) is 12.4 Å². The molecule has 0 aromatic rings. The van der Waals surface area contributed by atoms with Crippen LogP contribution in [-0.2, 0) is 4.84 Å². The van der Waals surface area contributed by atoms with Gasteiger partial charge in [-0.25, -0.2) is 4.99 Å².